The van der Waals surface area contributed by atoms with Crippen molar-refractivity contribution in [2.24, 2.45) is 0 Å². The van der Waals surface area contributed by atoms with Crippen LogP contribution in [-0.2, 0) is 19.4 Å². The van der Waals surface area contributed by atoms with Crippen LogP contribution in [-0.4, -0.2) is 44.6 Å². The van der Waals surface area contributed by atoms with E-state index in [4.69, 9.17) is 4.74 Å². The highest BCUT2D eigenvalue weighted by molar-refractivity contribution is 7.91. The lowest BCUT2D eigenvalue weighted by Gasteiger charge is -2.15. The number of amides is 1. The summed E-state index contributed by atoms with van der Waals surface area (Å²) in [4.78, 5) is 11.5. The Kier molecular flexibility index (Phi) is 4.10. The van der Waals surface area contributed by atoms with Crippen molar-refractivity contribution in [3.8, 4) is 0 Å². The van der Waals surface area contributed by atoms with Crippen molar-refractivity contribution >= 4 is 15.7 Å². The molecule has 15 heavy (non-hydrogen) atoms. The summed E-state index contributed by atoms with van der Waals surface area (Å²) in [7, 11) is -2.93. The van der Waals surface area contributed by atoms with E-state index in [1.54, 1.807) is 6.92 Å². The average molecular weight is 235 g/mol. The van der Waals surface area contributed by atoms with Crippen LogP contribution in [0.3, 0.4) is 0 Å². The molecule has 1 aliphatic rings. The van der Waals surface area contributed by atoms with E-state index in [0.717, 1.165) is 0 Å². The lowest BCUT2D eigenvalue weighted by Crippen LogP contribution is -2.41. The van der Waals surface area contributed by atoms with E-state index in [9.17, 15) is 13.2 Å². The molecule has 1 fully saturated rings. The van der Waals surface area contributed by atoms with Crippen LogP contribution in [0.5, 0.6) is 0 Å². The van der Waals surface area contributed by atoms with Crippen LogP contribution in [0.4, 0.5) is 0 Å². The van der Waals surface area contributed by atoms with E-state index in [1.165, 1.54) is 0 Å². The molecule has 88 valence electrons. The normalized spacial score (nSPS) is 26.1. The molecule has 1 amide bonds. The van der Waals surface area contributed by atoms with Crippen molar-refractivity contribution in [1.82, 2.24) is 5.32 Å². The number of sulfone groups is 1. The first-order valence-corrected chi connectivity index (χ1v) is 6.89. The lowest BCUT2D eigenvalue weighted by molar-refractivity contribution is -0.132. The number of rotatable bonds is 4. The molecule has 0 aromatic rings. The fourth-order valence-electron chi connectivity index (χ4n) is 1.55. The molecule has 0 aliphatic carbocycles. The molecule has 1 saturated heterocycles. The van der Waals surface area contributed by atoms with Crippen molar-refractivity contribution < 1.29 is 17.9 Å². The highest BCUT2D eigenvalue weighted by Gasteiger charge is 2.29. The molecule has 0 aromatic carbocycles. The Labute approximate surface area is 90.1 Å². The van der Waals surface area contributed by atoms with Crippen LogP contribution >= 0.6 is 0 Å². The quantitative estimate of drug-likeness (QED) is 0.727. The number of nitrogens with one attached hydrogen (secondary N) is 1. The van der Waals surface area contributed by atoms with Crippen LogP contribution in [0.1, 0.15) is 20.3 Å². The van der Waals surface area contributed by atoms with Gasteiger partial charge in [0.15, 0.2) is 9.84 Å². The zero-order valence-electron chi connectivity index (χ0n) is 9.02. The van der Waals surface area contributed by atoms with Crippen LogP contribution in [0, 0.1) is 0 Å². The summed E-state index contributed by atoms with van der Waals surface area (Å²) in [6, 6.07) is -0.245. The second-order valence-electron chi connectivity index (χ2n) is 3.71. The minimum Gasteiger partial charge on any atom is -0.369 e. The Bertz CT molecular complexity index is 325. The van der Waals surface area contributed by atoms with Gasteiger partial charge in [0.2, 0.25) is 5.91 Å². The van der Waals surface area contributed by atoms with Gasteiger partial charge in [-0.15, -0.1) is 0 Å². The molecule has 2 atom stereocenters. The summed E-state index contributed by atoms with van der Waals surface area (Å²) < 4.78 is 27.4. The third-order valence-corrected chi connectivity index (χ3v) is 4.13. The predicted octanol–water partition coefficient (Wildman–Crippen LogP) is -0.285. The Balaban J connectivity index is 2.40. The summed E-state index contributed by atoms with van der Waals surface area (Å²) in [6.45, 7) is 3.93. The standard InChI is InChI=1S/C9H17NO4S/c1-3-14-7(2)9(11)10-8-4-5-15(12,13)6-8/h7-8H,3-6H2,1-2H3,(H,10,11). The molecule has 0 bridgehead atoms. The first-order valence-electron chi connectivity index (χ1n) is 5.07. The maximum atomic E-state index is 11.5. The van der Waals surface area contributed by atoms with Gasteiger partial charge in [0, 0.05) is 12.6 Å². The molecule has 1 heterocycles. The number of carbonyl (C=O) groups is 1. The van der Waals surface area contributed by atoms with Crippen LogP contribution < -0.4 is 5.32 Å². The summed E-state index contributed by atoms with van der Waals surface area (Å²) in [5, 5.41) is 2.68. The van der Waals surface area contributed by atoms with Crippen LogP contribution in [0.2, 0.25) is 0 Å². The maximum Gasteiger partial charge on any atom is 0.249 e. The first-order chi connectivity index (χ1) is 6.94. The zero-order chi connectivity index (χ0) is 11.5. The van der Waals surface area contributed by atoms with Crippen molar-refractivity contribution in [2.45, 2.75) is 32.4 Å². The highest BCUT2D eigenvalue weighted by atomic mass is 32.2. The number of hydrogen-bond donors (Lipinski definition) is 1. The fraction of sp³-hybridized carbons (Fsp3) is 0.889. The number of hydrogen-bond acceptors (Lipinski definition) is 4. The average Bonchev–Trinajstić information content (AvgIpc) is 2.46. The monoisotopic (exact) mass is 235 g/mol. The molecular formula is C9H17NO4S. The Morgan fingerprint density at radius 2 is 2.27 bits per heavy atom. The fourth-order valence-corrected chi connectivity index (χ4v) is 3.23. The van der Waals surface area contributed by atoms with E-state index in [0.29, 0.717) is 13.0 Å². The van der Waals surface area contributed by atoms with E-state index in [1.807, 2.05) is 6.92 Å². The zero-order valence-corrected chi connectivity index (χ0v) is 9.84. The minimum atomic E-state index is -2.93. The molecule has 0 radical (unpaired) electrons. The molecule has 0 spiro atoms. The third-order valence-electron chi connectivity index (χ3n) is 2.36. The van der Waals surface area contributed by atoms with Gasteiger partial charge in [-0.25, -0.2) is 8.42 Å². The third kappa shape index (κ3) is 3.79. The highest BCUT2D eigenvalue weighted by Crippen LogP contribution is 2.11. The van der Waals surface area contributed by atoms with Gasteiger partial charge in [-0.2, -0.15) is 0 Å². The van der Waals surface area contributed by atoms with Crippen molar-refractivity contribution in [1.29, 1.82) is 0 Å². The largest absolute Gasteiger partial charge is 0.369 e. The van der Waals surface area contributed by atoms with Gasteiger partial charge in [-0.3, -0.25) is 4.79 Å². The second-order valence-corrected chi connectivity index (χ2v) is 5.93. The molecule has 1 N–H and O–H groups in total. The number of ether oxygens (including phenoxy) is 1. The topological polar surface area (TPSA) is 72.5 Å². The molecule has 2 unspecified atom stereocenters. The van der Waals surface area contributed by atoms with Gasteiger partial charge in [0.25, 0.3) is 0 Å². The van der Waals surface area contributed by atoms with E-state index in [-0.39, 0.29) is 23.5 Å². The minimum absolute atomic E-state index is 0.0532. The van der Waals surface area contributed by atoms with Crippen LogP contribution in [0.25, 0.3) is 0 Å². The van der Waals surface area contributed by atoms with Gasteiger partial charge in [-0.05, 0) is 20.3 Å². The van der Waals surface area contributed by atoms with E-state index < -0.39 is 15.9 Å². The molecule has 5 nitrogen and oxygen atoms in total. The Morgan fingerprint density at radius 3 is 2.73 bits per heavy atom. The lowest BCUT2D eigenvalue weighted by atomic mass is 10.2. The van der Waals surface area contributed by atoms with Gasteiger partial charge in [0.1, 0.15) is 6.10 Å². The molecular weight excluding hydrogens is 218 g/mol. The Morgan fingerprint density at radius 1 is 1.60 bits per heavy atom. The summed E-state index contributed by atoms with van der Waals surface area (Å²) in [6.07, 6.45) is -0.00860. The maximum absolute atomic E-state index is 11.5. The SMILES string of the molecule is CCOC(C)C(=O)NC1CCS(=O)(=O)C1. The predicted molar refractivity (Wildman–Crippen MR) is 56.3 cm³/mol. The van der Waals surface area contributed by atoms with Crippen molar-refractivity contribution in [2.75, 3.05) is 18.1 Å². The van der Waals surface area contributed by atoms with Gasteiger partial charge < -0.3 is 10.1 Å². The summed E-state index contributed by atoms with van der Waals surface area (Å²) >= 11 is 0. The van der Waals surface area contributed by atoms with Crippen molar-refractivity contribution in [3.63, 3.8) is 0 Å². The number of carbonyl (C=O) groups excluding carboxylic acids is 1. The second kappa shape index (κ2) is 4.94. The smallest absolute Gasteiger partial charge is 0.249 e. The summed E-state index contributed by atoms with van der Waals surface area (Å²) in [5.74, 6) is -0.0163. The molecule has 0 saturated carbocycles. The van der Waals surface area contributed by atoms with Crippen molar-refractivity contribution in [3.05, 3.63) is 0 Å². The molecule has 1 aliphatic heterocycles. The van der Waals surface area contributed by atoms with Gasteiger partial charge >= 0.3 is 0 Å². The molecule has 1 rings (SSSR count). The first kappa shape index (κ1) is 12.4. The van der Waals surface area contributed by atoms with Gasteiger partial charge in [0.05, 0.1) is 11.5 Å². The molecule has 0 aromatic heterocycles. The summed E-state index contributed by atoms with van der Waals surface area (Å²) in [5.41, 5.74) is 0. The Hall–Kier alpha value is -0.620. The van der Waals surface area contributed by atoms with Gasteiger partial charge in [-0.1, -0.05) is 0 Å². The molecule has 6 heteroatoms. The van der Waals surface area contributed by atoms with Crippen LogP contribution in [0.15, 0.2) is 0 Å². The van der Waals surface area contributed by atoms with E-state index >= 15 is 0 Å². The van der Waals surface area contributed by atoms with E-state index in [2.05, 4.69) is 5.32 Å².